The number of aryl methyl sites for hydroxylation is 10. The van der Waals surface area contributed by atoms with Crippen LogP contribution >= 0.6 is 92.8 Å². The molecule has 0 unspecified atom stereocenters. The second-order valence-electron chi connectivity index (χ2n) is 40.3. The fourth-order valence-corrected chi connectivity index (χ4v) is 23.7. The molecule has 0 aliphatic heterocycles. The van der Waals surface area contributed by atoms with Crippen LogP contribution in [-0.4, -0.2) is 139 Å². The van der Waals surface area contributed by atoms with Gasteiger partial charge >= 0.3 is 0 Å². The van der Waals surface area contributed by atoms with Crippen molar-refractivity contribution >= 4 is 104 Å². The van der Waals surface area contributed by atoms with E-state index in [4.69, 9.17) is 121 Å². The number of aliphatic hydroxyl groups excluding tert-OH is 6. The summed E-state index contributed by atoms with van der Waals surface area (Å²) in [5, 5.41) is 65.6. The molecule has 6 fully saturated rings. The van der Waals surface area contributed by atoms with E-state index < -0.39 is 12.2 Å². The third-order valence-corrected chi connectivity index (χ3v) is 33.3. The maximum absolute atomic E-state index is 10.4. The Bertz CT molecular complexity index is 4920. The molecule has 0 saturated heterocycles. The van der Waals surface area contributed by atoms with Gasteiger partial charge in [-0.15, -0.1) is 69.6 Å². The van der Waals surface area contributed by atoms with Gasteiger partial charge in [0.05, 0.1) is 76.3 Å². The summed E-state index contributed by atoms with van der Waals surface area (Å²) in [4.78, 5) is 0. The van der Waals surface area contributed by atoms with E-state index in [1.54, 1.807) is 0 Å². The molecule has 13 rings (SSSR count). The van der Waals surface area contributed by atoms with Crippen molar-refractivity contribution < 1.29 is 255 Å². The molecule has 810 valence electrons. The summed E-state index contributed by atoms with van der Waals surface area (Å²) in [6.07, 6.45) is 44.1. The SMILES string of the molecule is [CH2-]CC/C=C\C[C@@H]1[C@@H](COc2c(C)cccc2C)[C@H](O)C[C@H]1Cl.[CH2-]CC/C=C\C[C@@H]1[C@@H](COc2cc(C)c(C)c(C)c2)[C@H](O)C[C@H]1Cl.[CH2-]CC/C=C\C[C@@H]1[C@@H](COc2cc(C)c(Cl)c(C)c2)[C@H](O)C[C@H]1Cl.[CH2-]CC/C=C\C[C@@H]1[C@@H](COc2cc(C)cc(C)c2)[C@H](O)C[C@H]1Cl.[CH2-]CC/C=C\C[C@@H]1[C@@H](COc2ccc(C)c(C)c2)[C@H](O)C[C@H]1Cl.[CH2-]CC/C=C\C[C@@H]1[C@@H](COc2ccc(Cl)c3ccccc23)[C@H](O)C[C@H]1Cl.[Y].[Y].[Y].[Y].[Y].[Y]. The minimum atomic E-state index is -0.428. The van der Waals surface area contributed by atoms with Crippen LogP contribution < -0.4 is 28.4 Å². The first kappa shape index (κ1) is 146. The standard InChI is InChI=1S/C22H25Cl2O2.C21H30ClO2.C20H27Cl2O2.3C20H28ClO2.6Y/c1-2-3-4-5-8-16-18(21(25)13-20(16)24)14-26-22-12-11-19(23)15-9-6-7-10-17(15)22;1-5-6-7-8-9-18-19(21(23)12-20(18)22)13-24-17-10-14(2)16(4)15(3)11-17;1-4-5-6-7-8-16-17(19(23)11-18(16)21)12-24-15-9-13(2)20(22)14(3)10-15;1-4-5-6-7-11-16-17(19(22)12-18(16)21)13-23-20-14(2)9-8-10-15(20)3;1-4-5-6-7-8-17-18(20(22)12-19(17)21)13-23-16-10-14(2)9-15(3)11-16;1-4-5-6-7-8-17-18(20(22)12-19(17)21)13-23-16-10-9-14(2)15(3)11-16;;;;;;/h4-7,9-12,16,18,20-21,25H,1-3,8,13-14H2;7-8,10-11,18-21,23H,1,5-6,9,12-13H2,2-4H3;6-7,9-10,16-19,23H,1,4-5,8,11-12H2,2-3H3;6-10,16-19,22H,1,4-5,11-13H2,2-3H3;2*6-7,9-11,17-20,22H,1,4-5,8,12-13H2,2-3H3;;;;;;/q6*-1;;;;;;/b5-4-;8-7-;4*7-6-;;;;;;/t16-,18-,20-,21-;18-,19-,20-,21-;2*16-,17-,18-,19-;2*17-,18-,19-,20-;;;;;;/m111111....../s1. The number of allylic oxidation sites excluding steroid dienone is 12. The van der Waals surface area contributed by atoms with Crippen molar-refractivity contribution in [2.75, 3.05) is 39.6 Å². The van der Waals surface area contributed by atoms with Crippen LogP contribution in [0.15, 0.2) is 188 Å². The van der Waals surface area contributed by atoms with Crippen molar-refractivity contribution in [3.63, 3.8) is 0 Å². The number of ether oxygens (including phenoxy) is 6. The predicted molar refractivity (Wildman–Crippen MR) is 605 cm³/mol. The fourth-order valence-electron chi connectivity index (χ4n) is 20.5. The van der Waals surface area contributed by atoms with E-state index in [2.05, 4.69) is 219 Å². The Kier molecular flexibility index (Phi) is 77.3. The van der Waals surface area contributed by atoms with Crippen LogP contribution in [-0.2, 0) is 196 Å². The summed E-state index contributed by atoms with van der Waals surface area (Å²) in [7, 11) is 0. The maximum atomic E-state index is 10.4. The van der Waals surface area contributed by atoms with Gasteiger partial charge in [-0.05, 0) is 311 Å². The van der Waals surface area contributed by atoms with E-state index in [-0.39, 0.29) is 324 Å². The number of fused-ring (bicyclic) bond motifs is 1. The first-order valence-electron chi connectivity index (χ1n) is 52.2. The first-order chi connectivity index (χ1) is 68.6. The molecule has 7 aromatic rings. The zero-order valence-electron chi connectivity index (χ0n) is 90.3. The second-order valence-corrected chi connectivity index (χ2v) is 44.4. The third kappa shape index (κ3) is 48.2. The quantitative estimate of drug-likeness (QED) is 0.0121. The van der Waals surface area contributed by atoms with Gasteiger partial charge in [0.25, 0.3) is 0 Å². The third-order valence-electron chi connectivity index (χ3n) is 29.4. The van der Waals surface area contributed by atoms with Crippen LogP contribution in [0.4, 0.5) is 0 Å². The molecular formula is C123H166Cl8O12Y6-6. The molecule has 7 aromatic carbocycles. The van der Waals surface area contributed by atoms with Crippen molar-refractivity contribution in [3.05, 3.63) is 301 Å². The number of hydrogen-bond acceptors (Lipinski definition) is 12. The predicted octanol–water partition coefficient (Wildman–Crippen LogP) is 31.2. The largest absolute Gasteiger partial charge is 0.493 e. The Morgan fingerprint density at radius 1 is 0.262 bits per heavy atom. The summed E-state index contributed by atoms with van der Waals surface area (Å²) in [6, 6.07) is 38.2. The Hall–Kier alpha value is 0.743. The molecule has 6 aliphatic carbocycles. The first-order valence-corrected chi connectivity index (χ1v) is 55.5. The molecule has 6 radical (unpaired) electrons. The molecule has 0 spiro atoms. The summed E-state index contributed by atoms with van der Waals surface area (Å²) >= 11 is 51.3. The van der Waals surface area contributed by atoms with Gasteiger partial charge in [0.2, 0.25) is 0 Å². The van der Waals surface area contributed by atoms with Crippen molar-refractivity contribution in [1.82, 2.24) is 0 Å². The molecular weight excluding hydrogens is 2490 g/mol. The van der Waals surface area contributed by atoms with Crippen molar-refractivity contribution in [2.24, 2.45) is 71.0 Å². The Labute approximate surface area is 1090 Å². The summed E-state index contributed by atoms with van der Waals surface area (Å²) in [6.45, 7) is 48.7. The van der Waals surface area contributed by atoms with Crippen molar-refractivity contribution in [1.29, 1.82) is 0 Å². The molecule has 26 heteroatoms. The van der Waals surface area contributed by atoms with Crippen LogP contribution in [0.2, 0.25) is 10.0 Å². The number of unbranched alkanes of at least 4 members (excludes halogenated alkanes) is 6. The van der Waals surface area contributed by atoms with E-state index in [1.165, 1.54) is 38.9 Å². The van der Waals surface area contributed by atoms with Gasteiger partial charge in [-0.25, -0.2) is 0 Å². The number of aliphatic hydroxyl groups is 6. The number of para-hydroxylation sites is 1. The van der Waals surface area contributed by atoms with E-state index in [1.807, 2.05) is 86.6 Å². The van der Waals surface area contributed by atoms with Gasteiger partial charge in [0.1, 0.15) is 34.5 Å². The maximum Gasteiger partial charge on any atom is 0.127 e. The summed E-state index contributed by atoms with van der Waals surface area (Å²) < 4.78 is 36.1. The van der Waals surface area contributed by atoms with E-state index in [0.717, 1.165) is 188 Å². The van der Waals surface area contributed by atoms with Crippen LogP contribution in [0.5, 0.6) is 34.5 Å². The van der Waals surface area contributed by atoms with Crippen LogP contribution in [0.3, 0.4) is 0 Å². The van der Waals surface area contributed by atoms with E-state index in [0.29, 0.717) is 83.2 Å². The van der Waals surface area contributed by atoms with Gasteiger partial charge in [-0.1, -0.05) is 189 Å². The minimum Gasteiger partial charge on any atom is -0.493 e. The van der Waals surface area contributed by atoms with E-state index >= 15 is 0 Å². The summed E-state index contributed by atoms with van der Waals surface area (Å²) in [5.74, 6) is 7.05. The van der Waals surface area contributed by atoms with Crippen molar-refractivity contribution in [2.45, 2.75) is 299 Å². The van der Waals surface area contributed by atoms with Crippen LogP contribution in [0.25, 0.3) is 10.8 Å². The number of hydrogen-bond donors (Lipinski definition) is 6. The topological polar surface area (TPSA) is 177 Å². The van der Waals surface area contributed by atoms with Gasteiger partial charge in [0, 0.05) is 285 Å². The Morgan fingerprint density at radius 3 is 0.832 bits per heavy atom. The number of halogens is 8. The van der Waals surface area contributed by atoms with Crippen LogP contribution in [0, 0.1) is 189 Å². The van der Waals surface area contributed by atoms with Gasteiger partial charge in [0.15, 0.2) is 0 Å². The zero-order chi connectivity index (χ0) is 104. The molecule has 12 nitrogen and oxygen atoms in total. The summed E-state index contributed by atoms with van der Waals surface area (Å²) in [5.41, 5.74) is 12.9. The zero-order valence-corrected chi connectivity index (χ0v) is 113. The normalized spacial score (nSPS) is 26.1. The second kappa shape index (κ2) is 79.0. The molecule has 0 bridgehead atoms. The van der Waals surface area contributed by atoms with E-state index in [9.17, 15) is 30.6 Å². The van der Waals surface area contributed by atoms with Gasteiger partial charge in [-0.3, -0.25) is 0 Å². The van der Waals surface area contributed by atoms with Crippen LogP contribution in [0.1, 0.15) is 215 Å². The van der Waals surface area contributed by atoms with Gasteiger partial charge < -0.3 is 101 Å². The molecule has 0 heterocycles. The number of rotatable bonds is 42. The molecule has 0 aromatic heterocycles. The molecule has 6 N–H and O–H groups in total. The molecule has 0 amide bonds. The fraction of sp³-hybridized carbons (Fsp3) is 0.528. The number of benzene rings is 7. The molecule has 24 atom stereocenters. The monoisotopic (exact) mass is 2650 g/mol. The Balaban J connectivity index is 0.000000600. The number of alkyl halides is 6. The molecule has 6 aliphatic rings. The average molecular weight is 2650 g/mol. The smallest absolute Gasteiger partial charge is 0.127 e. The Morgan fingerprint density at radius 2 is 0.530 bits per heavy atom. The average Bonchev–Trinajstić information content (AvgIpc) is 1.40. The van der Waals surface area contributed by atoms with Crippen molar-refractivity contribution in [3.8, 4) is 34.5 Å². The minimum absolute atomic E-state index is 0. The van der Waals surface area contributed by atoms with Gasteiger partial charge in [-0.2, -0.15) is 38.5 Å². The molecule has 149 heavy (non-hydrogen) atoms. The molecule has 6 saturated carbocycles.